The third-order valence-electron chi connectivity index (χ3n) is 5.04. The number of aliphatic hydroxyl groups excluding tert-OH is 1. The number of allylic oxidation sites excluding steroid dienone is 1. The van der Waals surface area contributed by atoms with Crippen molar-refractivity contribution in [2.45, 2.75) is 31.2 Å². The van der Waals surface area contributed by atoms with Gasteiger partial charge in [-0.2, -0.15) is 0 Å². The Morgan fingerprint density at radius 1 is 1.19 bits per heavy atom. The van der Waals surface area contributed by atoms with Gasteiger partial charge in [0, 0.05) is 12.8 Å². The minimum atomic E-state index is -1.08. The monoisotopic (exact) mass is 376 g/mol. The molecule has 0 bridgehead atoms. The van der Waals surface area contributed by atoms with E-state index in [1.165, 1.54) is 6.26 Å². The van der Waals surface area contributed by atoms with Gasteiger partial charge >= 0.3 is 5.97 Å². The summed E-state index contributed by atoms with van der Waals surface area (Å²) in [5.41, 5.74) is 1.01. The molecule has 0 radical (unpaired) electrons. The van der Waals surface area contributed by atoms with E-state index in [1.54, 1.807) is 18.2 Å². The summed E-state index contributed by atoms with van der Waals surface area (Å²) in [6, 6.07) is 5.24. The number of rotatable bonds is 4. The average Bonchev–Trinajstić information content (AvgIpc) is 2.66. The van der Waals surface area contributed by atoms with Crippen LogP contribution in [0.2, 0.25) is 0 Å². The Balaban J connectivity index is 1.53. The third kappa shape index (κ3) is 3.50. The Morgan fingerprint density at radius 2 is 1.96 bits per heavy atom. The van der Waals surface area contributed by atoms with E-state index < -0.39 is 36.8 Å². The van der Waals surface area contributed by atoms with Crippen LogP contribution in [0.15, 0.2) is 24.5 Å². The molecular weight excluding hydrogens is 356 g/mol. The Kier molecular flexibility index (Phi) is 4.75. The van der Waals surface area contributed by atoms with Gasteiger partial charge in [0.1, 0.15) is 25.9 Å². The van der Waals surface area contributed by atoms with E-state index in [4.69, 9.17) is 24.1 Å². The van der Waals surface area contributed by atoms with Crippen LogP contribution in [0.1, 0.15) is 18.4 Å². The molecule has 4 rings (SSSR count). The molecule has 3 aliphatic rings. The zero-order valence-electron chi connectivity index (χ0n) is 14.5. The number of benzene rings is 1. The second-order valence-corrected chi connectivity index (χ2v) is 6.82. The summed E-state index contributed by atoms with van der Waals surface area (Å²) >= 11 is 0. The van der Waals surface area contributed by atoms with Gasteiger partial charge in [-0.25, -0.2) is 4.79 Å². The minimum absolute atomic E-state index is 0.192. The molecule has 8 heteroatoms. The fourth-order valence-corrected chi connectivity index (χ4v) is 3.79. The Bertz CT molecular complexity index is 786. The predicted octanol–water partition coefficient (Wildman–Crippen LogP) is 1.01. The summed E-state index contributed by atoms with van der Waals surface area (Å²) < 4.78 is 22.1. The van der Waals surface area contributed by atoms with Crippen molar-refractivity contribution in [1.82, 2.24) is 0 Å². The molecule has 0 saturated heterocycles. The molecule has 0 amide bonds. The first-order valence-corrected chi connectivity index (χ1v) is 8.84. The number of ether oxygens (including phenoxy) is 4. The van der Waals surface area contributed by atoms with E-state index in [1.807, 2.05) is 0 Å². The number of ketones is 1. The topological polar surface area (TPSA) is 112 Å². The van der Waals surface area contributed by atoms with E-state index in [-0.39, 0.29) is 12.2 Å². The van der Waals surface area contributed by atoms with E-state index >= 15 is 0 Å². The fourth-order valence-electron chi connectivity index (χ4n) is 3.79. The summed E-state index contributed by atoms with van der Waals surface area (Å²) in [4.78, 5) is 23.7. The average molecular weight is 376 g/mol. The van der Waals surface area contributed by atoms with Gasteiger partial charge in [-0.15, -0.1) is 0 Å². The van der Waals surface area contributed by atoms with Crippen LogP contribution in [0.4, 0.5) is 0 Å². The number of Topliss-reactive ketones (excluding diaryl/α,β-unsaturated/α-hetero) is 1. The molecule has 8 nitrogen and oxygen atoms in total. The number of carbonyl (C=O) groups is 2. The van der Waals surface area contributed by atoms with Crippen LogP contribution >= 0.6 is 0 Å². The smallest absolute Gasteiger partial charge is 0.329 e. The standard InChI is InChI=1S/C19H20O8/c20-13-6-11(26-9-17(21)22)7-16-18(13)19(23)12(8-27-16)10-1-2-14-15(5-10)25-4-3-24-14/h1-2,5,8,11,13,16,18,20H,3-4,6-7,9H2,(H,21,22). The van der Waals surface area contributed by atoms with E-state index in [2.05, 4.69) is 0 Å². The Hall–Kier alpha value is -2.58. The van der Waals surface area contributed by atoms with Crippen molar-refractivity contribution in [2.24, 2.45) is 5.92 Å². The first kappa shape index (κ1) is 17.8. The van der Waals surface area contributed by atoms with E-state index in [0.717, 1.165) is 0 Å². The Labute approximate surface area is 155 Å². The number of carboxylic acids is 1. The summed E-state index contributed by atoms with van der Waals surface area (Å²) in [5, 5.41) is 19.2. The van der Waals surface area contributed by atoms with Crippen molar-refractivity contribution in [3.05, 3.63) is 30.0 Å². The number of carbonyl (C=O) groups excluding carboxylic acids is 1. The van der Waals surface area contributed by atoms with E-state index in [9.17, 15) is 14.7 Å². The van der Waals surface area contributed by atoms with Crippen molar-refractivity contribution in [1.29, 1.82) is 0 Å². The number of carboxylic acid groups (broad SMARTS) is 1. The fraction of sp³-hybridized carbons (Fsp3) is 0.474. The maximum atomic E-state index is 13.0. The van der Waals surface area contributed by atoms with Gasteiger partial charge in [0.15, 0.2) is 17.3 Å². The van der Waals surface area contributed by atoms with Crippen LogP contribution in [0.5, 0.6) is 11.5 Å². The maximum absolute atomic E-state index is 13.0. The predicted molar refractivity (Wildman–Crippen MR) is 91.4 cm³/mol. The van der Waals surface area contributed by atoms with Gasteiger partial charge in [0.2, 0.25) is 0 Å². The quantitative estimate of drug-likeness (QED) is 0.801. The second-order valence-electron chi connectivity index (χ2n) is 6.82. The lowest BCUT2D eigenvalue weighted by Gasteiger charge is -2.40. The highest BCUT2D eigenvalue weighted by Crippen LogP contribution is 2.39. The van der Waals surface area contributed by atoms with Crippen molar-refractivity contribution >= 4 is 17.3 Å². The highest BCUT2D eigenvalue weighted by molar-refractivity contribution is 6.22. The van der Waals surface area contributed by atoms with Crippen molar-refractivity contribution in [2.75, 3.05) is 19.8 Å². The molecule has 1 aromatic rings. The molecule has 1 aromatic carbocycles. The SMILES string of the molecule is O=C(O)COC1CC(O)C2C(=O)C(c3ccc4c(c3)OCCO4)=COC2C1. The summed E-state index contributed by atoms with van der Waals surface area (Å²) in [6.07, 6.45) is -0.0171. The molecule has 1 aliphatic carbocycles. The van der Waals surface area contributed by atoms with Gasteiger partial charge in [-0.3, -0.25) is 4.79 Å². The van der Waals surface area contributed by atoms with E-state index in [0.29, 0.717) is 42.3 Å². The summed E-state index contributed by atoms with van der Waals surface area (Å²) in [6.45, 7) is 0.486. The first-order valence-electron chi connectivity index (χ1n) is 8.84. The number of hydrogen-bond donors (Lipinski definition) is 2. The van der Waals surface area contributed by atoms with Crippen molar-refractivity contribution < 1.29 is 38.7 Å². The van der Waals surface area contributed by atoms with Crippen LogP contribution in [0.3, 0.4) is 0 Å². The van der Waals surface area contributed by atoms with Crippen LogP contribution in [0.25, 0.3) is 5.57 Å². The molecule has 27 heavy (non-hydrogen) atoms. The van der Waals surface area contributed by atoms with Crippen LogP contribution in [0, 0.1) is 5.92 Å². The van der Waals surface area contributed by atoms with Crippen LogP contribution in [-0.4, -0.2) is 60.1 Å². The lowest BCUT2D eigenvalue weighted by atomic mass is 9.76. The number of hydrogen-bond acceptors (Lipinski definition) is 7. The molecule has 144 valence electrons. The number of aliphatic hydroxyl groups is 1. The molecule has 0 aromatic heterocycles. The Morgan fingerprint density at radius 3 is 2.74 bits per heavy atom. The number of fused-ring (bicyclic) bond motifs is 2. The minimum Gasteiger partial charge on any atom is -0.496 e. The van der Waals surface area contributed by atoms with Gasteiger partial charge in [0.25, 0.3) is 0 Å². The van der Waals surface area contributed by atoms with Crippen molar-refractivity contribution in [3.63, 3.8) is 0 Å². The normalized spacial score (nSPS) is 29.4. The molecule has 2 N–H and O–H groups in total. The van der Waals surface area contributed by atoms with Gasteiger partial charge in [-0.05, 0) is 17.7 Å². The molecule has 0 spiro atoms. The second kappa shape index (κ2) is 7.21. The molecule has 2 heterocycles. The molecule has 1 fully saturated rings. The van der Waals surface area contributed by atoms with Gasteiger partial charge < -0.3 is 29.2 Å². The molecule has 2 aliphatic heterocycles. The highest BCUT2D eigenvalue weighted by atomic mass is 16.6. The third-order valence-corrected chi connectivity index (χ3v) is 5.04. The molecular formula is C19H20O8. The van der Waals surface area contributed by atoms with Crippen molar-refractivity contribution in [3.8, 4) is 11.5 Å². The lowest BCUT2D eigenvalue weighted by molar-refractivity contribution is -0.154. The highest BCUT2D eigenvalue weighted by Gasteiger charge is 2.46. The molecule has 1 saturated carbocycles. The maximum Gasteiger partial charge on any atom is 0.329 e. The zero-order valence-corrected chi connectivity index (χ0v) is 14.5. The lowest BCUT2D eigenvalue weighted by Crippen LogP contribution is -2.49. The summed E-state index contributed by atoms with van der Waals surface area (Å²) in [5.74, 6) is -0.785. The van der Waals surface area contributed by atoms with Gasteiger partial charge in [0.05, 0.1) is 30.0 Å². The number of aliphatic carboxylic acids is 1. The molecule has 4 atom stereocenters. The largest absolute Gasteiger partial charge is 0.496 e. The molecule has 4 unspecified atom stereocenters. The summed E-state index contributed by atoms with van der Waals surface area (Å²) in [7, 11) is 0. The zero-order chi connectivity index (χ0) is 19.0. The van der Waals surface area contributed by atoms with Gasteiger partial charge in [-0.1, -0.05) is 6.07 Å². The van der Waals surface area contributed by atoms with Crippen LogP contribution in [-0.2, 0) is 19.1 Å². The first-order chi connectivity index (χ1) is 13.0. The van der Waals surface area contributed by atoms with Crippen LogP contribution < -0.4 is 9.47 Å².